The van der Waals surface area contributed by atoms with Crippen molar-refractivity contribution in [3.05, 3.63) is 34.4 Å². The van der Waals surface area contributed by atoms with E-state index in [1.54, 1.807) is 39.0 Å². The molecule has 1 N–H and O–H groups in total. The van der Waals surface area contributed by atoms with Gasteiger partial charge in [0.05, 0.1) is 5.52 Å². The number of benzene rings is 1. The average molecular weight is 425 g/mol. The Labute approximate surface area is 159 Å². The van der Waals surface area contributed by atoms with Gasteiger partial charge in [0.2, 0.25) is 5.91 Å². The van der Waals surface area contributed by atoms with Crippen LogP contribution in [0.2, 0.25) is 0 Å². The smallest absolute Gasteiger partial charge is 0.411 e. The SMILES string of the molecule is CC(=O)n1cc(C(C(=O)O)N(C)C(=O)OC(C)(C)C)c2ccc(Br)cc21. The van der Waals surface area contributed by atoms with E-state index in [4.69, 9.17) is 4.74 Å². The molecule has 8 heteroatoms. The van der Waals surface area contributed by atoms with Crippen molar-refractivity contribution in [2.24, 2.45) is 0 Å². The number of carboxylic acids is 1. The predicted molar refractivity (Wildman–Crippen MR) is 100 cm³/mol. The summed E-state index contributed by atoms with van der Waals surface area (Å²) in [7, 11) is 1.36. The number of amides is 1. The zero-order chi connectivity index (χ0) is 19.8. The highest BCUT2D eigenvalue weighted by Crippen LogP contribution is 2.32. The molecular formula is C18H21BrN2O5. The van der Waals surface area contributed by atoms with E-state index < -0.39 is 23.7 Å². The van der Waals surface area contributed by atoms with Crippen LogP contribution in [0.3, 0.4) is 0 Å². The lowest BCUT2D eigenvalue weighted by Crippen LogP contribution is -2.39. The van der Waals surface area contributed by atoms with Crippen molar-refractivity contribution in [2.75, 3.05) is 7.05 Å². The molecule has 140 valence electrons. The van der Waals surface area contributed by atoms with Crippen LogP contribution in [0.5, 0.6) is 0 Å². The number of nitrogens with zero attached hydrogens (tertiary/aromatic N) is 2. The first kappa shape index (κ1) is 20.0. The quantitative estimate of drug-likeness (QED) is 0.802. The molecule has 1 aromatic carbocycles. The number of rotatable bonds is 3. The first-order chi connectivity index (χ1) is 11.9. The van der Waals surface area contributed by atoms with E-state index in [0.717, 1.165) is 9.37 Å². The lowest BCUT2D eigenvalue weighted by atomic mass is 10.1. The highest BCUT2D eigenvalue weighted by atomic mass is 79.9. The molecule has 0 saturated heterocycles. The molecule has 2 aromatic rings. The van der Waals surface area contributed by atoms with Crippen LogP contribution in [0.1, 0.15) is 44.1 Å². The van der Waals surface area contributed by atoms with Crippen LogP contribution < -0.4 is 0 Å². The largest absolute Gasteiger partial charge is 0.479 e. The van der Waals surface area contributed by atoms with Crippen molar-refractivity contribution in [3.8, 4) is 0 Å². The van der Waals surface area contributed by atoms with E-state index in [1.807, 2.05) is 0 Å². The minimum Gasteiger partial charge on any atom is -0.479 e. The third-order valence-corrected chi connectivity index (χ3v) is 4.23. The van der Waals surface area contributed by atoms with Gasteiger partial charge < -0.3 is 9.84 Å². The van der Waals surface area contributed by atoms with Crippen LogP contribution in [0.4, 0.5) is 4.79 Å². The molecule has 7 nitrogen and oxygen atoms in total. The van der Waals surface area contributed by atoms with Gasteiger partial charge in [0.1, 0.15) is 5.60 Å². The molecule has 2 rings (SSSR count). The average Bonchev–Trinajstić information content (AvgIpc) is 2.84. The van der Waals surface area contributed by atoms with E-state index >= 15 is 0 Å². The standard InChI is InChI=1S/C18H21BrN2O5/c1-10(22)21-9-13(12-7-6-11(19)8-14(12)21)15(16(23)24)20(5)17(25)26-18(2,3)4/h6-9,15H,1-5H3,(H,23,24). The Bertz CT molecular complexity index is 882. The van der Waals surface area contributed by atoms with Gasteiger partial charge in [0, 0.05) is 35.6 Å². The third kappa shape index (κ3) is 4.07. The molecule has 0 saturated carbocycles. The minimum atomic E-state index is -1.30. The van der Waals surface area contributed by atoms with E-state index in [0.29, 0.717) is 16.5 Å². The number of likely N-dealkylation sites (N-methyl/N-ethyl adjacent to an activating group) is 1. The summed E-state index contributed by atoms with van der Waals surface area (Å²) in [6, 6.07) is 3.90. The Balaban J connectivity index is 2.59. The Morgan fingerprint density at radius 3 is 2.38 bits per heavy atom. The Hall–Kier alpha value is -2.35. The van der Waals surface area contributed by atoms with Crippen LogP contribution in [0.25, 0.3) is 10.9 Å². The summed E-state index contributed by atoms with van der Waals surface area (Å²) >= 11 is 3.35. The van der Waals surface area contributed by atoms with Crippen molar-refractivity contribution < 1.29 is 24.2 Å². The maximum Gasteiger partial charge on any atom is 0.411 e. The van der Waals surface area contributed by atoms with Gasteiger partial charge in [-0.3, -0.25) is 14.3 Å². The van der Waals surface area contributed by atoms with Crippen LogP contribution in [0, 0.1) is 0 Å². The predicted octanol–water partition coefficient (Wildman–Crippen LogP) is 4.06. The Morgan fingerprint density at radius 1 is 1.27 bits per heavy atom. The minimum absolute atomic E-state index is 0.261. The molecular weight excluding hydrogens is 404 g/mol. The van der Waals surface area contributed by atoms with Crippen LogP contribution in [-0.4, -0.2) is 45.2 Å². The molecule has 0 aliphatic rings. The first-order valence-corrected chi connectivity index (χ1v) is 8.71. The molecule has 0 radical (unpaired) electrons. The summed E-state index contributed by atoms with van der Waals surface area (Å²) in [4.78, 5) is 37.3. The van der Waals surface area contributed by atoms with Gasteiger partial charge in [-0.05, 0) is 32.9 Å². The Morgan fingerprint density at radius 2 is 1.88 bits per heavy atom. The number of carboxylic acid groups (broad SMARTS) is 1. The second-order valence-corrected chi connectivity index (χ2v) is 7.88. The molecule has 0 fully saturated rings. The van der Waals surface area contributed by atoms with Gasteiger partial charge in [-0.1, -0.05) is 22.0 Å². The second-order valence-electron chi connectivity index (χ2n) is 6.97. The molecule has 1 atom stereocenters. The zero-order valence-electron chi connectivity index (χ0n) is 15.2. The van der Waals surface area contributed by atoms with Crippen molar-refractivity contribution in [1.82, 2.24) is 9.47 Å². The molecule has 1 aromatic heterocycles. The van der Waals surface area contributed by atoms with Gasteiger partial charge in [-0.25, -0.2) is 9.59 Å². The Kier molecular flexibility index (Phi) is 5.46. The molecule has 1 amide bonds. The van der Waals surface area contributed by atoms with E-state index in [-0.39, 0.29) is 5.91 Å². The van der Waals surface area contributed by atoms with Gasteiger partial charge in [-0.15, -0.1) is 0 Å². The molecule has 1 heterocycles. The fourth-order valence-corrected chi connectivity index (χ4v) is 3.00. The normalized spacial score (nSPS) is 12.7. The zero-order valence-corrected chi connectivity index (χ0v) is 16.8. The van der Waals surface area contributed by atoms with Crippen molar-refractivity contribution in [1.29, 1.82) is 0 Å². The highest BCUT2D eigenvalue weighted by molar-refractivity contribution is 9.10. The summed E-state index contributed by atoms with van der Waals surface area (Å²) in [5.41, 5.74) is 0.140. The molecule has 0 bridgehead atoms. The van der Waals surface area contributed by atoms with E-state index in [9.17, 15) is 19.5 Å². The van der Waals surface area contributed by atoms with E-state index in [1.165, 1.54) is 24.7 Å². The summed E-state index contributed by atoms with van der Waals surface area (Å²) in [6.45, 7) is 6.49. The number of carbonyl (C=O) groups is 3. The van der Waals surface area contributed by atoms with Gasteiger partial charge in [0.15, 0.2) is 6.04 Å². The van der Waals surface area contributed by atoms with E-state index in [2.05, 4.69) is 15.9 Å². The molecule has 0 aliphatic heterocycles. The highest BCUT2D eigenvalue weighted by Gasteiger charge is 2.34. The lowest BCUT2D eigenvalue weighted by molar-refractivity contribution is -0.142. The number of aromatic nitrogens is 1. The summed E-state index contributed by atoms with van der Waals surface area (Å²) in [5.74, 6) is -1.48. The fraction of sp³-hybridized carbons (Fsp3) is 0.389. The monoisotopic (exact) mass is 424 g/mol. The number of fused-ring (bicyclic) bond motifs is 1. The third-order valence-electron chi connectivity index (χ3n) is 3.74. The molecule has 26 heavy (non-hydrogen) atoms. The van der Waals surface area contributed by atoms with Crippen LogP contribution >= 0.6 is 15.9 Å². The van der Waals surface area contributed by atoms with Crippen molar-refractivity contribution >= 4 is 44.8 Å². The lowest BCUT2D eigenvalue weighted by Gasteiger charge is -2.28. The summed E-state index contributed by atoms with van der Waals surface area (Å²) in [5, 5.41) is 10.3. The van der Waals surface area contributed by atoms with Crippen LogP contribution in [-0.2, 0) is 9.53 Å². The summed E-state index contributed by atoms with van der Waals surface area (Å²) < 4.78 is 7.40. The van der Waals surface area contributed by atoms with Crippen molar-refractivity contribution in [3.63, 3.8) is 0 Å². The number of ether oxygens (including phenoxy) is 1. The van der Waals surface area contributed by atoms with Crippen LogP contribution in [0.15, 0.2) is 28.9 Å². The number of carbonyl (C=O) groups excluding carboxylic acids is 2. The summed E-state index contributed by atoms with van der Waals surface area (Å²) in [6.07, 6.45) is 0.699. The van der Waals surface area contributed by atoms with Gasteiger partial charge in [0.25, 0.3) is 0 Å². The maximum atomic E-state index is 12.4. The molecule has 0 spiro atoms. The maximum absolute atomic E-state index is 12.4. The number of hydrogen-bond donors (Lipinski definition) is 1. The van der Waals surface area contributed by atoms with Gasteiger partial charge in [-0.2, -0.15) is 0 Å². The van der Waals surface area contributed by atoms with Crippen molar-refractivity contribution in [2.45, 2.75) is 39.3 Å². The molecule has 1 unspecified atom stereocenters. The second kappa shape index (κ2) is 7.11. The molecule has 0 aliphatic carbocycles. The fourth-order valence-electron chi connectivity index (χ4n) is 2.65. The first-order valence-electron chi connectivity index (χ1n) is 7.92. The number of hydrogen-bond acceptors (Lipinski definition) is 4. The number of halogens is 1. The topological polar surface area (TPSA) is 88.8 Å². The van der Waals surface area contributed by atoms with Gasteiger partial charge >= 0.3 is 12.1 Å². The number of aliphatic carboxylic acids is 1.